The number of pyridine rings is 2. The van der Waals surface area contributed by atoms with Crippen LogP contribution in [0, 0.1) is 24.9 Å². The first-order valence-corrected chi connectivity index (χ1v) is 19.5. The molecule has 0 atom stereocenters. The Morgan fingerprint density at radius 1 is 0.729 bits per heavy atom. The van der Waals surface area contributed by atoms with Crippen LogP contribution < -0.4 is 5.19 Å². The zero-order chi connectivity index (χ0) is 37.3. The van der Waals surface area contributed by atoms with E-state index in [1.54, 1.807) is 18.3 Å². The maximum atomic E-state index is 8.33. The fraction of sp³-hybridized carbons (Fsp3) is 0.182. The molecule has 0 bridgehead atoms. The van der Waals surface area contributed by atoms with Gasteiger partial charge in [-0.05, 0) is 45.9 Å². The van der Waals surface area contributed by atoms with E-state index in [1.807, 2.05) is 80.7 Å². The van der Waals surface area contributed by atoms with Crippen LogP contribution in [-0.4, -0.2) is 18.0 Å². The van der Waals surface area contributed by atoms with Crippen molar-refractivity contribution >= 4 is 34.8 Å². The maximum absolute atomic E-state index is 8.33. The molecule has 2 heterocycles. The largest absolute Gasteiger partial charge is 0.305 e. The van der Waals surface area contributed by atoms with Crippen molar-refractivity contribution in [2.24, 2.45) is 5.92 Å². The van der Waals surface area contributed by atoms with Crippen LogP contribution in [0.4, 0.5) is 0 Å². The Kier molecular flexibility index (Phi) is 9.19. The SMILES string of the molecule is [2H]C([2H])([2H])c1c[c-]c(-c2ccc([Si](C)(C)C)cn2)cc1-c1ccccc1.[2H]C([2H])(c1ccnc(-c2[c-]cc3c(ccc4ccccc43)c2)c1)C(C)C.[Ir]. The van der Waals surface area contributed by atoms with Crippen LogP contribution in [0.15, 0.2) is 128 Å². The molecule has 48 heavy (non-hydrogen) atoms. The first-order chi connectivity index (χ1) is 24.6. The molecule has 243 valence electrons. The van der Waals surface area contributed by atoms with E-state index < -0.39 is 21.3 Å². The molecule has 0 fully saturated rings. The third kappa shape index (κ3) is 8.25. The molecule has 0 aliphatic carbocycles. The Morgan fingerprint density at radius 2 is 1.46 bits per heavy atom. The number of fused-ring (bicyclic) bond motifs is 3. The van der Waals surface area contributed by atoms with Gasteiger partial charge in [-0.1, -0.05) is 147 Å². The molecule has 0 unspecified atom stereocenters. The van der Waals surface area contributed by atoms with Crippen molar-refractivity contribution in [3.8, 4) is 33.6 Å². The second-order valence-electron chi connectivity index (χ2n) is 13.1. The van der Waals surface area contributed by atoms with E-state index in [9.17, 15) is 0 Å². The summed E-state index contributed by atoms with van der Waals surface area (Å²) in [5, 5.41) is 6.03. The first-order valence-electron chi connectivity index (χ1n) is 18.5. The van der Waals surface area contributed by atoms with Crippen LogP contribution in [0.3, 0.4) is 0 Å². The molecular weight excluding hydrogens is 777 g/mol. The number of nitrogens with zero attached hydrogens (tertiary/aromatic N) is 2. The van der Waals surface area contributed by atoms with Gasteiger partial charge in [-0.2, -0.15) is 0 Å². The van der Waals surface area contributed by atoms with Crippen LogP contribution in [0.5, 0.6) is 0 Å². The van der Waals surface area contributed by atoms with Crippen molar-refractivity contribution < 1.29 is 27.0 Å². The first kappa shape index (κ1) is 28.8. The molecule has 7 rings (SSSR count). The van der Waals surface area contributed by atoms with Crippen molar-refractivity contribution in [1.82, 2.24) is 9.97 Å². The second-order valence-corrected chi connectivity index (χ2v) is 18.2. The van der Waals surface area contributed by atoms with Crippen LogP contribution in [0.1, 0.15) is 31.8 Å². The third-order valence-electron chi connectivity index (χ3n) is 8.11. The van der Waals surface area contributed by atoms with Crippen LogP contribution in [0.2, 0.25) is 19.6 Å². The quantitative estimate of drug-likeness (QED) is 0.0948. The summed E-state index contributed by atoms with van der Waals surface area (Å²) in [5.74, 6) is -0.107. The summed E-state index contributed by atoms with van der Waals surface area (Å²) in [4.78, 5) is 9.06. The van der Waals surface area contributed by atoms with Crippen LogP contribution >= 0.6 is 0 Å². The summed E-state index contributed by atoms with van der Waals surface area (Å²) in [6.45, 7) is 8.47. The fourth-order valence-corrected chi connectivity index (χ4v) is 6.62. The van der Waals surface area contributed by atoms with E-state index in [2.05, 4.69) is 84.2 Å². The van der Waals surface area contributed by atoms with Crippen LogP contribution in [-0.2, 0) is 26.5 Å². The van der Waals surface area contributed by atoms with Gasteiger partial charge in [-0.3, -0.25) is 0 Å². The minimum absolute atomic E-state index is 0. The van der Waals surface area contributed by atoms with Gasteiger partial charge in [0.1, 0.15) is 0 Å². The average Bonchev–Trinajstić information content (AvgIpc) is 3.14. The molecule has 2 nitrogen and oxygen atoms in total. The predicted octanol–water partition coefficient (Wildman–Crippen LogP) is 11.1. The van der Waals surface area contributed by atoms with Crippen molar-refractivity contribution in [3.63, 3.8) is 0 Å². The molecule has 5 aromatic carbocycles. The second kappa shape index (κ2) is 15.3. The normalized spacial score (nSPS) is 13.3. The van der Waals surface area contributed by atoms with Crippen molar-refractivity contribution in [2.75, 3.05) is 0 Å². The summed E-state index contributed by atoms with van der Waals surface area (Å²) in [5.41, 5.74) is 5.80. The zero-order valence-electron chi connectivity index (χ0n) is 32.9. The van der Waals surface area contributed by atoms with Gasteiger partial charge in [0, 0.05) is 39.4 Å². The van der Waals surface area contributed by atoms with Gasteiger partial charge in [0.2, 0.25) is 0 Å². The maximum Gasteiger partial charge on any atom is 0.0795 e. The molecule has 0 aliphatic heterocycles. The van der Waals surface area contributed by atoms with Gasteiger partial charge >= 0.3 is 0 Å². The Labute approximate surface area is 307 Å². The van der Waals surface area contributed by atoms with E-state index in [1.165, 1.54) is 21.3 Å². The molecule has 0 aliphatic rings. The number of aryl methyl sites for hydroxylation is 1. The summed E-state index contributed by atoms with van der Waals surface area (Å²) >= 11 is 0. The van der Waals surface area contributed by atoms with Gasteiger partial charge in [0.05, 0.1) is 8.07 Å². The molecule has 7 aromatic rings. The minimum atomic E-state index is -2.19. The van der Waals surface area contributed by atoms with Gasteiger partial charge in [-0.15, -0.1) is 58.5 Å². The minimum Gasteiger partial charge on any atom is -0.305 e. The van der Waals surface area contributed by atoms with E-state index >= 15 is 0 Å². The molecule has 0 saturated carbocycles. The van der Waals surface area contributed by atoms with Crippen LogP contribution in [0.25, 0.3) is 55.2 Å². The molecule has 0 amide bonds. The average molecular weight is 824 g/mol. The van der Waals surface area contributed by atoms with Crippen molar-refractivity contribution in [2.45, 2.75) is 46.7 Å². The smallest absolute Gasteiger partial charge is 0.0795 e. The Morgan fingerprint density at radius 3 is 2.19 bits per heavy atom. The number of rotatable bonds is 6. The van der Waals surface area contributed by atoms with E-state index in [0.717, 1.165) is 33.5 Å². The monoisotopic (exact) mass is 824 g/mol. The van der Waals surface area contributed by atoms with Gasteiger partial charge < -0.3 is 9.97 Å². The number of aromatic nitrogens is 2. The summed E-state index contributed by atoms with van der Waals surface area (Å²) in [6.07, 6.45) is 2.24. The number of hydrogen-bond donors (Lipinski definition) is 0. The molecule has 0 saturated heterocycles. The molecule has 0 spiro atoms. The molecule has 4 heteroatoms. The molecule has 2 aromatic heterocycles. The summed E-state index contributed by atoms with van der Waals surface area (Å²) < 4.78 is 40.2. The summed E-state index contributed by atoms with van der Waals surface area (Å²) in [7, 11) is -1.40. The van der Waals surface area contributed by atoms with Crippen molar-refractivity contribution in [3.05, 3.63) is 151 Å². The van der Waals surface area contributed by atoms with Crippen molar-refractivity contribution in [1.29, 1.82) is 0 Å². The fourth-order valence-electron chi connectivity index (χ4n) is 5.59. The van der Waals surface area contributed by atoms with Gasteiger partial charge in [0.25, 0.3) is 0 Å². The molecule has 1 radical (unpaired) electrons. The van der Waals surface area contributed by atoms with Gasteiger partial charge in [0.15, 0.2) is 0 Å². The molecular formula is C44H42IrN2Si-2. The summed E-state index contributed by atoms with van der Waals surface area (Å²) in [6, 6.07) is 43.9. The standard InChI is InChI=1S/C23H20N.C21H22NSi.Ir/c1-16(2)13-17-11-12-24-23(14-17)20-9-10-22-19(15-20)8-7-18-5-3-4-6-21(18)22;1-16-10-11-18(14-20(16)17-8-6-5-7-9-17)21-13-12-19(15-22-21)23(2,3)4;/h3-8,10-12,14-16H,13H2,1-2H3;5-10,12-15H,1-4H3;/q2*-1;/i13D2;1D3;. The Bertz CT molecular complexity index is 2330. The molecule has 0 N–H and O–H groups in total. The zero-order valence-corrected chi connectivity index (χ0v) is 31.3. The number of hydrogen-bond acceptors (Lipinski definition) is 2. The Hall–Kier alpha value is -4.21. The topological polar surface area (TPSA) is 25.8 Å². The van der Waals surface area contributed by atoms with Gasteiger partial charge in [-0.25, -0.2) is 0 Å². The number of benzene rings is 5. The van der Waals surface area contributed by atoms with E-state index in [-0.39, 0.29) is 26.0 Å². The van der Waals surface area contributed by atoms with E-state index in [0.29, 0.717) is 16.7 Å². The Balaban J connectivity index is 0.000000201. The van der Waals surface area contributed by atoms with E-state index in [4.69, 9.17) is 6.85 Å². The predicted molar refractivity (Wildman–Crippen MR) is 204 cm³/mol. The third-order valence-corrected chi connectivity index (χ3v) is 10.1.